The normalized spacial score (nSPS) is 9.71. The van der Waals surface area contributed by atoms with Gasteiger partial charge in [-0.05, 0) is 12.1 Å². The van der Waals surface area contributed by atoms with Crippen LogP contribution in [0.15, 0.2) is 18.2 Å². The highest BCUT2D eigenvalue weighted by Gasteiger charge is 2.07. The van der Waals surface area contributed by atoms with E-state index in [2.05, 4.69) is 16.5 Å². The second-order valence-electron chi connectivity index (χ2n) is 3.41. The number of hydrogen-bond donors (Lipinski definition) is 2. The maximum absolute atomic E-state index is 8.63. The number of nitrogens with zero attached hydrogens (tertiary/aromatic N) is 3. The molecule has 1 aromatic rings. The summed E-state index contributed by atoms with van der Waals surface area (Å²) in [7, 11) is 1.65. The average Bonchev–Trinajstić information content (AvgIpc) is 2.39. The molecule has 0 saturated heterocycles. The molecule has 3 N–H and O–H groups in total. The van der Waals surface area contributed by atoms with Crippen molar-refractivity contribution in [2.24, 2.45) is 5.84 Å². The topological polar surface area (TPSA) is 87.2 Å². The number of anilines is 2. The van der Waals surface area contributed by atoms with E-state index in [1.807, 2.05) is 17.0 Å². The van der Waals surface area contributed by atoms with Crippen LogP contribution in [0, 0.1) is 11.3 Å². The molecule has 0 radical (unpaired) electrons. The van der Waals surface area contributed by atoms with E-state index in [4.69, 9.17) is 15.8 Å². The molecule has 0 aliphatic rings. The molecule has 6 heteroatoms. The van der Waals surface area contributed by atoms with Gasteiger partial charge >= 0.3 is 0 Å². The molecule has 0 unspecified atom stereocenters. The lowest BCUT2D eigenvalue weighted by Crippen LogP contribution is -2.29. The summed E-state index contributed by atoms with van der Waals surface area (Å²) in [5.41, 5.74) is 2.50. The van der Waals surface area contributed by atoms with Crippen molar-refractivity contribution in [1.29, 1.82) is 5.26 Å². The fourth-order valence-corrected chi connectivity index (χ4v) is 1.41. The number of hydrogen-bond acceptors (Lipinski definition) is 6. The van der Waals surface area contributed by atoms with E-state index < -0.39 is 0 Å². The highest BCUT2D eigenvalue weighted by molar-refractivity contribution is 5.46. The van der Waals surface area contributed by atoms with Crippen LogP contribution in [-0.4, -0.2) is 31.8 Å². The Hall–Kier alpha value is -1.84. The van der Waals surface area contributed by atoms with Crippen molar-refractivity contribution in [3.05, 3.63) is 18.2 Å². The lowest BCUT2D eigenvalue weighted by molar-refractivity contribution is 0.205. The van der Waals surface area contributed by atoms with Crippen LogP contribution in [0.4, 0.5) is 11.6 Å². The van der Waals surface area contributed by atoms with Crippen molar-refractivity contribution < 1.29 is 4.74 Å². The van der Waals surface area contributed by atoms with Crippen molar-refractivity contribution in [3.63, 3.8) is 0 Å². The number of nitrogen functional groups attached to an aromatic ring is 1. The molecule has 0 aromatic carbocycles. The van der Waals surface area contributed by atoms with Crippen LogP contribution in [0.2, 0.25) is 0 Å². The van der Waals surface area contributed by atoms with Gasteiger partial charge in [0.25, 0.3) is 0 Å². The van der Waals surface area contributed by atoms with Gasteiger partial charge in [0.05, 0.1) is 19.1 Å². The quantitative estimate of drug-likeness (QED) is 0.535. The van der Waals surface area contributed by atoms with Crippen LogP contribution in [-0.2, 0) is 4.74 Å². The van der Waals surface area contributed by atoms with Crippen molar-refractivity contribution in [2.45, 2.75) is 6.42 Å². The smallest absolute Gasteiger partial charge is 0.142 e. The first-order chi connectivity index (χ1) is 8.31. The Balaban J connectivity index is 2.75. The highest BCUT2D eigenvalue weighted by Crippen LogP contribution is 2.13. The maximum Gasteiger partial charge on any atom is 0.142 e. The summed E-state index contributed by atoms with van der Waals surface area (Å²) in [4.78, 5) is 6.32. The Bertz CT molecular complexity index is 376. The molecule has 0 spiro atoms. The average molecular weight is 235 g/mol. The minimum atomic E-state index is 0.450. The molecule has 0 aliphatic heterocycles. The predicted octanol–water partition coefficient (Wildman–Crippen LogP) is 0.734. The van der Waals surface area contributed by atoms with Gasteiger partial charge in [0, 0.05) is 20.2 Å². The lowest BCUT2D eigenvalue weighted by atomic mass is 10.3. The minimum Gasteiger partial charge on any atom is -0.383 e. The second-order valence-corrected chi connectivity index (χ2v) is 3.41. The maximum atomic E-state index is 8.63. The summed E-state index contributed by atoms with van der Waals surface area (Å²) in [5.74, 6) is 6.69. The first kappa shape index (κ1) is 13.2. The van der Waals surface area contributed by atoms with Gasteiger partial charge in [-0.15, -0.1) is 0 Å². The molecule has 1 heterocycles. The molecule has 0 saturated carbocycles. The Labute approximate surface area is 101 Å². The van der Waals surface area contributed by atoms with Crippen molar-refractivity contribution in [1.82, 2.24) is 4.98 Å². The third kappa shape index (κ3) is 4.26. The Morgan fingerprint density at radius 1 is 1.53 bits per heavy atom. The van der Waals surface area contributed by atoms with Crippen LogP contribution in [0.25, 0.3) is 0 Å². The number of rotatable bonds is 7. The predicted molar refractivity (Wildman–Crippen MR) is 66.4 cm³/mol. The third-order valence-electron chi connectivity index (χ3n) is 2.27. The van der Waals surface area contributed by atoms with E-state index >= 15 is 0 Å². The molecule has 0 bridgehead atoms. The molecule has 0 aliphatic carbocycles. The van der Waals surface area contributed by atoms with Gasteiger partial charge in [0.1, 0.15) is 11.6 Å². The summed E-state index contributed by atoms with van der Waals surface area (Å²) < 4.78 is 5.04. The van der Waals surface area contributed by atoms with E-state index in [1.54, 1.807) is 13.2 Å². The zero-order valence-corrected chi connectivity index (χ0v) is 9.89. The van der Waals surface area contributed by atoms with E-state index in [1.165, 1.54) is 0 Å². The fraction of sp³-hybridized carbons (Fsp3) is 0.455. The molecule has 0 atom stereocenters. The summed E-state index contributed by atoms with van der Waals surface area (Å²) in [6.45, 7) is 1.91. The van der Waals surface area contributed by atoms with Gasteiger partial charge in [-0.3, -0.25) is 0 Å². The molecule has 0 fully saturated rings. The van der Waals surface area contributed by atoms with Crippen molar-refractivity contribution in [3.8, 4) is 6.07 Å². The first-order valence-corrected chi connectivity index (χ1v) is 5.36. The standard InChI is InChI=1S/C11H17N5O/c1-17-9-8-16(7-3-6-12)11-5-2-4-10(14-11)15-13/h2,4-5H,3,7-9,13H2,1H3,(H,14,15). The molecule has 17 heavy (non-hydrogen) atoms. The van der Waals surface area contributed by atoms with Gasteiger partial charge < -0.3 is 15.1 Å². The van der Waals surface area contributed by atoms with E-state index in [-0.39, 0.29) is 0 Å². The Morgan fingerprint density at radius 3 is 3.00 bits per heavy atom. The number of pyridine rings is 1. The Morgan fingerprint density at radius 2 is 2.35 bits per heavy atom. The molecule has 92 valence electrons. The SMILES string of the molecule is COCCN(CCC#N)c1cccc(NN)n1. The highest BCUT2D eigenvalue weighted by atomic mass is 16.5. The first-order valence-electron chi connectivity index (χ1n) is 5.36. The lowest BCUT2D eigenvalue weighted by Gasteiger charge is -2.22. The number of hydrazine groups is 1. The summed E-state index contributed by atoms with van der Waals surface area (Å²) in [6, 6.07) is 7.65. The van der Waals surface area contributed by atoms with E-state index in [9.17, 15) is 0 Å². The van der Waals surface area contributed by atoms with Crippen LogP contribution >= 0.6 is 0 Å². The second kappa shape index (κ2) is 7.44. The van der Waals surface area contributed by atoms with E-state index in [0.717, 1.165) is 5.82 Å². The summed E-state index contributed by atoms with van der Waals surface area (Å²) in [5, 5.41) is 8.63. The third-order valence-corrected chi connectivity index (χ3v) is 2.27. The van der Waals surface area contributed by atoms with Crippen LogP contribution in [0.1, 0.15) is 6.42 Å². The number of nitrogens with one attached hydrogen (secondary N) is 1. The largest absolute Gasteiger partial charge is 0.383 e. The Kier molecular flexibility index (Phi) is 5.79. The van der Waals surface area contributed by atoms with Gasteiger partial charge in [-0.1, -0.05) is 6.07 Å². The van der Waals surface area contributed by atoms with Gasteiger partial charge in [0.15, 0.2) is 0 Å². The molecule has 0 amide bonds. The summed E-state index contributed by atoms with van der Waals surface area (Å²) in [6.07, 6.45) is 0.450. The van der Waals surface area contributed by atoms with Gasteiger partial charge in [-0.25, -0.2) is 10.8 Å². The number of nitrogens with two attached hydrogens (primary N) is 1. The zero-order chi connectivity index (χ0) is 12.5. The molecule has 1 rings (SSSR count). The van der Waals surface area contributed by atoms with E-state index in [0.29, 0.717) is 31.9 Å². The number of nitriles is 1. The van der Waals surface area contributed by atoms with Gasteiger partial charge in [-0.2, -0.15) is 5.26 Å². The number of methoxy groups -OCH3 is 1. The van der Waals surface area contributed by atoms with Crippen molar-refractivity contribution in [2.75, 3.05) is 37.1 Å². The minimum absolute atomic E-state index is 0.450. The van der Waals surface area contributed by atoms with Gasteiger partial charge in [0.2, 0.25) is 0 Å². The monoisotopic (exact) mass is 235 g/mol. The summed E-state index contributed by atoms with van der Waals surface area (Å²) >= 11 is 0. The molecule has 6 nitrogen and oxygen atoms in total. The zero-order valence-electron chi connectivity index (χ0n) is 9.89. The van der Waals surface area contributed by atoms with Crippen molar-refractivity contribution >= 4 is 11.6 Å². The molecular formula is C11H17N5O. The fourth-order valence-electron chi connectivity index (χ4n) is 1.41. The van der Waals surface area contributed by atoms with Crippen LogP contribution in [0.5, 0.6) is 0 Å². The number of aromatic nitrogens is 1. The van der Waals surface area contributed by atoms with Crippen LogP contribution < -0.4 is 16.2 Å². The molecular weight excluding hydrogens is 218 g/mol. The molecule has 1 aromatic heterocycles. The van der Waals surface area contributed by atoms with Crippen LogP contribution in [0.3, 0.4) is 0 Å². The number of ether oxygens (including phenoxy) is 1.